The Balaban J connectivity index is 2.32. The summed E-state index contributed by atoms with van der Waals surface area (Å²) in [5, 5.41) is 12.2. The molecular formula is C20H28BF2NO5. The highest BCUT2D eigenvalue weighted by molar-refractivity contribution is 6.56. The quantitative estimate of drug-likeness (QED) is 0.726. The summed E-state index contributed by atoms with van der Waals surface area (Å²) in [6.07, 6.45) is 0.829. The summed E-state index contributed by atoms with van der Waals surface area (Å²) in [6, 6.07) is 2.02. The van der Waals surface area contributed by atoms with Crippen LogP contribution in [0.4, 0.5) is 13.6 Å². The number of phenolic OH excluding ortho intramolecular Hbond substituents is 1. The summed E-state index contributed by atoms with van der Waals surface area (Å²) >= 11 is 0. The molecule has 1 saturated heterocycles. The van der Waals surface area contributed by atoms with Gasteiger partial charge in [-0.3, -0.25) is 0 Å². The smallest absolute Gasteiger partial charge is 0.492 e. The van der Waals surface area contributed by atoms with Gasteiger partial charge in [0.15, 0.2) is 17.4 Å². The van der Waals surface area contributed by atoms with E-state index in [0.29, 0.717) is 5.47 Å². The van der Waals surface area contributed by atoms with E-state index >= 15 is 0 Å². The van der Waals surface area contributed by atoms with Crippen molar-refractivity contribution in [2.45, 2.75) is 65.3 Å². The van der Waals surface area contributed by atoms with Crippen molar-refractivity contribution < 1.29 is 32.7 Å². The lowest BCUT2D eigenvalue weighted by Crippen LogP contribution is -2.41. The second-order valence-corrected chi connectivity index (χ2v) is 9.00. The van der Waals surface area contributed by atoms with Gasteiger partial charge in [0.05, 0.1) is 11.2 Å². The number of amides is 1. The Morgan fingerprint density at radius 1 is 1.21 bits per heavy atom. The van der Waals surface area contributed by atoms with Crippen LogP contribution in [-0.4, -0.2) is 41.7 Å². The molecular weight excluding hydrogens is 383 g/mol. The number of hydrogen-bond acceptors (Lipinski definition) is 5. The zero-order chi connectivity index (χ0) is 22.2. The molecule has 0 radical (unpaired) electrons. The van der Waals surface area contributed by atoms with Gasteiger partial charge in [0.1, 0.15) is 5.60 Å². The number of ether oxygens (including phenoxy) is 1. The standard InChI is InChI=1S/C20H28BF2NO5/c1-18(2,3)27-17(26)24-11-13(21-28-19(4,5)20(6,7)29-21)8-12-9-14(22)16(23)15(25)10-12/h8-10,25H,11H2,1-7H3,(H,24,26). The highest BCUT2D eigenvalue weighted by Crippen LogP contribution is 2.39. The van der Waals surface area contributed by atoms with E-state index in [0.717, 1.165) is 12.1 Å². The highest BCUT2D eigenvalue weighted by Gasteiger charge is 2.52. The Labute approximate surface area is 170 Å². The van der Waals surface area contributed by atoms with Gasteiger partial charge < -0.3 is 24.5 Å². The average Bonchev–Trinajstić information content (AvgIpc) is 2.75. The molecule has 1 aromatic rings. The van der Waals surface area contributed by atoms with Crippen molar-refractivity contribution in [3.05, 3.63) is 34.8 Å². The molecule has 1 heterocycles. The second-order valence-electron chi connectivity index (χ2n) is 9.00. The highest BCUT2D eigenvalue weighted by atomic mass is 19.2. The lowest BCUT2D eigenvalue weighted by atomic mass is 9.77. The van der Waals surface area contributed by atoms with E-state index < -0.39 is 47.4 Å². The molecule has 1 aromatic carbocycles. The molecule has 0 bridgehead atoms. The van der Waals surface area contributed by atoms with Gasteiger partial charge in [-0.25, -0.2) is 9.18 Å². The molecule has 6 nitrogen and oxygen atoms in total. The van der Waals surface area contributed by atoms with E-state index in [1.165, 1.54) is 6.08 Å². The van der Waals surface area contributed by atoms with Crippen LogP contribution in [0.3, 0.4) is 0 Å². The fourth-order valence-electron chi connectivity index (χ4n) is 2.58. The topological polar surface area (TPSA) is 77.0 Å². The molecule has 2 rings (SSSR count). The van der Waals surface area contributed by atoms with Gasteiger partial charge >= 0.3 is 13.2 Å². The minimum atomic E-state index is -1.33. The Hall–Kier alpha value is -2.13. The molecule has 0 saturated carbocycles. The van der Waals surface area contributed by atoms with Crippen molar-refractivity contribution in [1.29, 1.82) is 0 Å². The van der Waals surface area contributed by atoms with Crippen molar-refractivity contribution >= 4 is 19.3 Å². The Morgan fingerprint density at radius 3 is 2.24 bits per heavy atom. The van der Waals surface area contributed by atoms with Gasteiger partial charge in [0.2, 0.25) is 0 Å². The summed E-state index contributed by atoms with van der Waals surface area (Å²) in [5.41, 5.74) is -1.32. The first-order valence-corrected chi connectivity index (χ1v) is 9.32. The predicted octanol–water partition coefficient (Wildman–Crippen LogP) is 4.21. The molecule has 1 aliphatic heterocycles. The van der Waals surface area contributed by atoms with E-state index in [4.69, 9.17) is 14.0 Å². The van der Waals surface area contributed by atoms with Crippen LogP contribution in [0, 0.1) is 11.6 Å². The maximum absolute atomic E-state index is 13.7. The maximum atomic E-state index is 13.7. The van der Waals surface area contributed by atoms with Crippen LogP contribution in [0.25, 0.3) is 6.08 Å². The first kappa shape index (κ1) is 23.2. The summed E-state index contributed by atoms with van der Waals surface area (Å²) in [4.78, 5) is 12.0. The Bertz CT molecular complexity index is 779. The van der Waals surface area contributed by atoms with Gasteiger partial charge in [-0.1, -0.05) is 6.08 Å². The third-order valence-corrected chi connectivity index (χ3v) is 4.78. The number of phenols is 1. The fourth-order valence-corrected chi connectivity index (χ4v) is 2.58. The average molecular weight is 411 g/mol. The molecule has 9 heteroatoms. The minimum Gasteiger partial charge on any atom is -0.505 e. The van der Waals surface area contributed by atoms with Crippen molar-refractivity contribution in [1.82, 2.24) is 5.32 Å². The van der Waals surface area contributed by atoms with Gasteiger partial charge in [0, 0.05) is 6.54 Å². The summed E-state index contributed by atoms with van der Waals surface area (Å²) < 4.78 is 44.3. The van der Waals surface area contributed by atoms with Gasteiger partial charge in [0.25, 0.3) is 0 Å². The van der Waals surface area contributed by atoms with Gasteiger partial charge in [-0.2, -0.15) is 4.39 Å². The molecule has 1 aliphatic rings. The van der Waals surface area contributed by atoms with E-state index in [2.05, 4.69) is 5.32 Å². The predicted molar refractivity (Wildman–Crippen MR) is 106 cm³/mol. The SMILES string of the molecule is CC(C)(C)OC(=O)NCC(=Cc1cc(O)c(F)c(F)c1)B1OC(C)(C)C(C)(C)O1. The van der Waals surface area contributed by atoms with Gasteiger partial charge in [-0.15, -0.1) is 0 Å². The molecule has 0 unspecified atom stereocenters. The van der Waals surface area contributed by atoms with Crippen LogP contribution in [0.15, 0.2) is 17.6 Å². The summed E-state index contributed by atoms with van der Waals surface area (Å²) in [5.74, 6) is -3.33. The van der Waals surface area contributed by atoms with Crippen molar-refractivity contribution in [3.8, 4) is 5.75 Å². The summed E-state index contributed by atoms with van der Waals surface area (Å²) in [6.45, 7) is 12.7. The molecule has 0 spiro atoms. The number of aromatic hydroxyl groups is 1. The number of hydrogen-bond donors (Lipinski definition) is 2. The first-order valence-electron chi connectivity index (χ1n) is 9.32. The van der Waals surface area contributed by atoms with Gasteiger partial charge in [-0.05, 0) is 71.6 Å². The number of alkyl carbamates (subject to hydrolysis) is 1. The molecule has 0 atom stereocenters. The number of carbonyl (C=O) groups excluding carboxylic acids is 1. The molecule has 1 amide bonds. The lowest BCUT2D eigenvalue weighted by Gasteiger charge is -2.32. The Morgan fingerprint density at radius 2 is 1.76 bits per heavy atom. The number of benzene rings is 1. The number of nitrogens with one attached hydrogen (secondary N) is 1. The fraction of sp³-hybridized carbons (Fsp3) is 0.550. The normalized spacial score (nSPS) is 18.7. The van der Waals surface area contributed by atoms with Crippen LogP contribution in [0.1, 0.15) is 54.0 Å². The largest absolute Gasteiger partial charge is 0.505 e. The first-order chi connectivity index (χ1) is 13.1. The molecule has 2 N–H and O–H groups in total. The lowest BCUT2D eigenvalue weighted by molar-refractivity contribution is 0.00578. The monoisotopic (exact) mass is 411 g/mol. The zero-order valence-corrected chi connectivity index (χ0v) is 17.9. The second kappa shape index (κ2) is 7.95. The molecule has 1 fully saturated rings. The minimum absolute atomic E-state index is 0.0223. The number of carbonyl (C=O) groups is 1. The molecule has 0 aliphatic carbocycles. The molecule has 0 aromatic heterocycles. The van der Waals surface area contributed by atoms with Crippen molar-refractivity contribution in [2.24, 2.45) is 0 Å². The Kier molecular flexibility index (Phi) is 6.35. The number of rotatable bonds is 4. The molecule has 160 valence electrons. The van der Waals surface area contributed by atoms with Crippen LogP contribution in [0.2, 0.25) is 0 Å². The number of halogens is 2. The third-order valence-electron chi connectivity index (χ3n) is 4.78. The van der Waals surface area contributed by atoms with E-state index in [-0.39, 0.29) is 12.1 Å². The van der Waals surface area contributed by atoms with E-state index in [1.807, 2.05) is 27.7 Å². The third kappa shape index (κ3) is 5.70. The van der Waals surface area contributed by atoms with Crippen molar-refractivity contribution in [3.63, 3.8) is 0 Å². The van der Waals surface area contributed by atoms with Crippen molar-refractivity contribution in [2.75, 3.05) is 6.54 Å². The maximum Gasteiger partial charge on any atom is 0.492 e. The van der Waals surface area contributed by atoms with E-state index in [1.54, 1.807) is 20.8 Å². The molecule has 29 heavy (non-hydrogen) atoms. The van der Waals surface area contributed by atoms with Crippen LogP contribution < -0.4 is 5.32 Å². The van der Waals surface area contributed by atoms with Crippen LogP contribution >= 0.6 is 0 Å². The summed E-state index contributed by atoms with van der Waals surface area (Å²) in [7, 11) is -0.842. The van der Waals surface area contributed by atoms with Crippen LogP contribution in [0.5, 0.6) is 5.75 Å². The van der Waals surface area contributed by atoms with E-state index in [9.17, 15) is 18.7 Å². The van der Waals surface area contributed by atoms with Crippen LogP contribution in [-0.2, 0) is 14.0 Å². The zero-order valence-electron chi connectivity index (χ0n) is 17.9.